The number of fused-ring (bicyclic) bond motifs is 1. The lowest BCUT2D eigenvalue weighted by molar-refractivity contribution is -0.144. The Morgan fingerprint density at radius 2 is 2.24 bits per heavy atom. The van der Waals surface area contributed by atoms with Crippen LogP contribution in [0.2, 0.25) is 0 Å². The fourth-order valence-corrected chi connectivity index (χ4v) is 3.16. The zero-order valence-corrected chi connectivity index (χ0v) is 11.6. The summed E-state index contributed by atoms with van der Waals surface area (Å²) in [6, 6.07) is 4.63. The van der Waals surface area contributed by atoms with Crippen LogP contribution in [-0.2, 0) is 23.1 Å². The number of hydrogen-bond acceptors (Lipinski definition) is 3. The van der Waals surface area contributed by atoms with Crippen LogP contribution in [0.5, 0.6) is 0 Å². The van der Waals surface area contributed by atoms with Crippen LogP contribution in [0.15, 0.2) is 30.7 Å². The molecule has 1 unspecified atom stereocenters. The number of aliphatic carboxylic acids is 1. The lowest BCUT2D eigenvalue weighted by Crippen LogP contribution is -2.42. The first-order valence-corrected chi connectivity index (χ1v) is 6.81. The molecule has 2 aromatic rings. The molecule has 1 aliphatic carbocycles. The van der Waals surface area contributed by atoms with Gasteiger partial charge in [0.05, 0.1) is 5.41 Å². The largest absolute Gasteiger partial charge is 0.481 e. The quantitative estimate of drug-likeness (QED) is 0.921. The van der Waals surface area contributed by atoms with Crippen LogP contribution in [0.25, 0.3) is 0 Å². The van der Waals surface area contributed by atoms with Crippen LogP contribution in [0, 0.1) is 12.7 Å². The van der Waals surface area contributed by atoms with Crippen LogP contribution < -0.4 is 0 Å². The van der Waals surface area contributed by atoms with Crippen molar-refractivity contribution in [2.75, 3.05) is 0 Å². The lowest BCUT2D eigenvalue weighted by atomic mass is 9.67. The molecule has 4 nitrogen and oxygen atoms in total. The summed E-state index contributed by atoms with van der Waals surface area (Å²) in [5, 5.41) is 9.82. The third-order valence-corrected chi connectivity index (χ3v) is 4.35. The number of rotatable bonds is 2. The van der Waals surface area contributed by atoms with E-state index in [1.165, 1.54) is 12.4 Å². The maximum absolute atomic E-state index is 13.8. The molecule has 1 aromatic heterocycles. The van der Waals surface area contributed by atoms with Crippen molar-refractivity contribution < 1.29 is 14.3 Å². The topological polar surface area (TPSA) is 63.1 Å². The van der Waals surface area contributed by atoms with Crippen molar-refractivity contribution >= 4 is 5.97 Å². The van der Waals surface area contributed by atoms with Gasteiger partial charge >= 0.3 is 5.97 Å². The maximum Gasteiger partial charge on any atom is 0.314 e. The molecule has 0 fully saturated rings. The lowest BCUT2D eigenvalue weighted by Gasteiger charge is -2.35. The summed E-state index contributed by atoms with van der Waals surface area (Å²) >= 11 is 0. The molecule has 0 saturated heterocycles. The van der Waals surface area contributed by atoms with E-state index in [4.69, 9.17) is 0 Å². The highest BCUT2D eigenvalue weighted by atomic mass is 19.1. The third-order valence-electron chi connectivity index (χ3n) is 4.35. The first-order valence-electron chi connectivity index (χ1n) is 6.81. The number of halogens is 1. The molecule has 1 aromatic carbocycles. The number of aryl methyl sites for hydroxylation is 1. The minimum Gasteiger partial charge on any atom is -0.481 e. The fourth-order valence-electron chi connectivity index (χ4n) is 3.16. The molecule has 21 heavy (non-hydrogen) atoms. The van der Waals surface area contributed by atoms with Crippen molar-refractivity contribution in [3.05, 3.63) is 58.9 Å². The van der Waals surface area contributed by atoms with Gasteiger partial charge in [-0.15, -0.1) is 0 Å². The first-order chi connectivity index (χ1) is 10.0. The molecule has 1 atom stereocenters. The summed E-state index contributed by atoms with van der Waals surface area (Å²) in [7, 11) is 0. The average Bonchev–Trinajstić information content (AvgIpc) is 2.49. The van der Waals surface area contributed by atoms with Gasteiger partial charge in [-0.3, -0.25) is 4.79 Å². The Morgan fingerprint density at radius 1 is 1.43 bits per heavy atom. The molecule has 3 rings (SSSR count). The Bertz CT molecular complexity index is 717. The Labute approximate surface area is 121 Å². The van der Waals surface area contributed by atoms with E-state index in [1.807, 2.05) is 0 Å². The Kier molecular flexibility index (Phi) is 3.20. The van der Waals surface area contributed by atoms with E-state index in [1.54, 1.807) is 25.3 Å². The summed E-state index contributed by atoms with van der Waals surface area (Å²) in [4.78, 5) is 20.2. The van der Waals surface area contributed by atoms with E-state index in [2.05, 4.69) is 9.97 Å². The van der Waals surface area contributed by atoms with Crippen LogP contribution in [-0.4, -0.2) is 21.0 Å². The summed E-state index contributed by atoms with van der Waals surface area (Å²) in [6.07, 6.45) is 4.40. The van der Waals surface area contributed by atoms with E-state index in [0.29, 0.717) is 30.4 Å². The van der Waals surface area contributed by atoms with Crippen LogP contribution in [0.1, 0.15) is 28.8 Å². The Morgan fingerprint density at radius 3 is 3.00 bits per heavy atom. The van der Waals surface area contributed by atoms with Crippen molar-refractivity contribution in [2.24, 2.45) is 0 Å². The number of hydrogen-bond donors (Lipinski definition) is 1. The minimum absolute atomic E-state index is 0.294. The molecule has 0 aliphatic heterocycles. The van der Waals surface area contributed by atoms with E-state index in [9.17, 15) is 14.3 Å². The zero-order chi connectivity index (χ0) is 15.0. The van der Waals surface area contributed by atoms with Gasteiger partial charge in [0.25, 0.3) is 0 Å². The molecular formula is C16H15FN2O2. The van der Waals surface area contributed by atoms with Gasteiger partial charge in [0, 0.05) is 11.9 Å². The first kappa shape index (κ1) is 13.7. The number of benzene rings is 1. The van der Waals surface area contributed by atoms with Gasteiger partial charge < -0.3 is 5.11 Å². The zero-order valence-electron chi connectivity index (χ0n) is 11.6. The Hall–Kier alpha value is -2.30. The molecule has 0 amide bonds. The van der Waals surface area contributed by atoms with Crippen LogP contribution >= 0.6 is 0 Å². The molecule has 1 heterocycles. The van der Waals surface area contributed by atoms with Gasteiger partial charge in [-0.05, 0) is 48.9 Å². The molecule has 1 aliphatic rings. The monoisotopic (exact) mass is 286 g/mol. The highest BCUT2D eigenvalue weighted by molar-refractivity contribution is 5.83. The standard InChI is InChI=1S/C16H15FN2O2/c1-10-12(3-2-4-13(10)17)16(15(20)21)6-5-14-11(7-16)8-18-9-19-14/h2-4,8-9H,5-7H2,1H3,(H,20,21). The Balaban J connectivity index is 2.15. The number of carbonyl (C=O) groups is 1. The van der Waals surface area contributed by atoms with Gasteiger partial charge in [-0.2, -0.15) is 0 Å². The van der Waals surface area contributed by atoms with Crippen LogP contribution in [0.4, 0.5) is 4.39 Å². The molecule has 0 radical (unpaired) electrons. The van der Waals surface area contributed by atoms with Gasteiger partial charge in [0.1, 0.15) is 12.1 Å². The molecular weight excluding hydrogens is 271 g/mol. The van der Waals surface area contributed by atoms with E-state index in [-0.39, 0.29) is 5.82 Å². The van der Waals surface area contributed by atoms with Gasteiger partial charge in [-0.25, -0.2) is 14.4 Å². The maximum atomic E-state index is 13.8. The van der Waals surface area contributed by atoms with Gasteiger partial charge in [-0.1, -0.05) is 12.1 Å². The predicted molar refractivity (Wildman–Crippen MR) is 74.5 cm³/mol. The second-order valence-electron chi connectivity index (χ2n) is 5.47. The fraction of sp³-hybridized carbons (Fsp3) is 0.312. The third kappa shape index (κ3) is 2.09. The molecule has 5 heteroatoms. The van der Waals surface area contributed by atoms with Crippen molar-refractivity contribution in [2.45, 2.75) is 31.6 Å². The summed E-state index contributed by atoms with van der Waals surface area (Å²) in [6.45, 7) is 1.63. The number of carboxylic acids is 1. The van der Waals surface area contributed by atoms with Gasteiger partial charge in [0.2, 0.25) is 0 Å². The van der Waals surface area contributed by atoms with Crippen LogP contribution in [0.3, 0.4) is 0 Å². The molecule has 1 N–H and O–H groups in total. The van der Waals surface area contributed by atoms with Gasteiger partial charge in [0.15, 0.2) is 0 Å². The number of nitrogens with zero attached hydrogens (tertiary/aromatic N) is 2. The van der Waals surface area contributed by atoms with E-state index >= 15 is 0 Å². The smallest absolute Gasteiger partial charge is 0.314 e. The predicted octanol–water partition coefficient (Wildman–Crippen LogP) is 2.44. The van der Waals surface area contributed by atoms with Crippen molar-refractivity contribution in [3.8, 4) is 0 Å². The van der Waals surface area contributed by atoms with E-state index < -0.39 is 11.4 Å². The summed E-state index contributed by atoms with van der Waals surface area (Å²) < 4.78 is 13.8. The molecule has 108 valence electrons. The SMILES string of the molecule is Cc1c(F)cccc1C1(C(=O)O)CCc2ncncc2C1. The molecule has 0 spiro atoms. The van der Waals surface area contributed by atoms with Crippen molar-refractivity contribution in [1.29, 1.82) is 0 Å². The average molecular weight is 286 g/mol. The summed E-state index contributed by atoms with van der Waals surface area (Å²) in [5.41, 5.74) is 1.56. The number of aromatic nitrogens is 2. The highest BCUT2D eigenvalue weighted by Gasteiger charge is 2.44. The van der Waals surface area contributed by atoms with E-state index in [0.717, 1.165) is 11.3 Å². The van der Waals surface area contributed by atoms with Crippen molar-refractivity contribution in [1.82, 2.24) is 9.97 Å². The summed E-state index contributed by atoms with van der Waals surface area (Å²) in [5.74, 6) is -1.30. The van der Waals surface area contributed by atoms with Crippen molar-refractivity contribution in [3.63, 3.8) is 0 Å². The highest BCUT2D eigenvalue weighted by Crippen LogP contribution is 2.40. The molecule has 0 bridgehead atoms. The normalized spacial score (nSPS) is 20.9. The molecule has 0 saturated carbocycles. The minimum atomic E-state index is -1.11. The number of carboxylic acid groups (broad SMARTS) is 1. The second kappa shape index (κ2) is 4.91. The second-order valence-corrected chi connectivity index (χ2v) is 5.47.